The molecule has 0 saturated carbocycles. The number of para-hydroxylation sites is 1. The van der Waals surface area contributed by atoms with Gasteiger partial charge in [0, 0.05) is 21.2 Å². The number of furan rings is 1. The van der Waals surface area contributed by atoms with Crippen LogP contribution in [0, 0.1) is 0 Å². The van der Waals surface area contributed by atoms with Gasteiger partial charge in [0.25, 0.3) is 11.8 Å². The van der Waals surface area contributed by atoms with E-state index >= 15 is 0 Å². The van der Waals surface area contributed by atoms with Gasteiger partial charge in [-0.05, 0) is 54.6 Å². The van der Waals surface area contributed by atoms with Crippen LogP contribution in [0.5, 0.6) is 0 Å². The van der Waals surface area contributed by atoms with Crippen molar-refractivity contribution in [1.82, 2.24) is 0 Å². The molecular formula is C22H14BrClN2O3. The first-order valence-corrected chi connectivity index (χ1v) is 9.83. The minimum absolute atomic E-state index is 0.230. The molecule has 7 heteroatoms. The third-order valence-electron chi connectivity index (χ3n) is 4.22. The number of hydrogen-bond acceptors (Lipinski definition) is 3. The number of halogens is 2. The Morgan fingerprint density at radius 1 is 0.828 bits per heavy atom. The van der Waals surface area contributed by atoms with E-state index in [-0.39, 0.29) is 17.6 Å². The van der Waals surface area contributed by atoms with Crippen LogP contribution in [0.1, 0.15) is 20.9 Å². The zero-order valence-electron chi connectivity index (χ0n) is 14.9. The van der Waals surface area contributed by atoms with Crippen molar-refractivity contribution in [3.05, 3.63) is 93.6 Å². The Balaban J connectivity index is 1.44. The summed E-state index contributed by atoms with van der Waals surface area (Å²) in [5, 5.41) is 6.78. The average molecular weight is 470 g/mol. The predicted octanol–water partition coefficient (Wildman–Crippen LogP) is 6.35. The zero-order chi connectivity index (χ0) is 20.4. The van der Waals surface area contributed by atoms with Gasteiger partial charge in [-0.2, -0.15) is 0 Å². The molecule has 0 fully saturated rings. The highest BCUT2D eigenvalue weighted by Gasteiger charge is 2.13. The monoisotopic (exact) mass is 468 g/mol. The summed E-state index contributed by atoms with van der Waals surface area (Å²) >= 11 is 9.42. The molecule has 3 aromatic carbocycles. The minimum atomic E-state index is -0.348. The molecule has 4 aromatic rings. The fourth-order valence-electron chi connectivity index (χ4n) is 2.79. The quantitative estimate of drug-likeness (QED) is 0.366. The van der Waals surface area contributed by atoms with Gasteiger partial charge in [0.05, 0.1) is 10.6 Å². The van der Waals surface area contributed by atoms with Gasteiger partial charge in [0.1, 0.15) is 5.58 Å². The first-order valence-electron chi connectivity index (χ1n) is 8.66. The normalized spacial score (nSPS) is 10.7. The smallest absolute Gasteiger partial charge is 0.291 e. The lowest BCUT2D eigenvalue weighted by Crippen LogP contribution is -2.13. The van der Waals surface area contributed by atoms with Crippen molar-refractivity contribution >= 4 is 61.7 Å². The SMILES string of the molecule is O=C(Nc1ccc(NC(=O)c2cc(Br)ccc2Cl)cc1)c1cc2ccccc2o1. The van der Waals surface area contributed by atoms with Gasteiger partial charge in [-0.25, -0.2) is 0 Å². The van der Waals surface area contributed by atoms with Crippen LogP contribution < -0.4 is 10.6 Å². The first kappa shape index (κ1) is 19.2. The lowest BCUT2D eigenvalue weighted by Gasteiger charge is -2.09. The summed E-state index contributed by atoms with van der Waals surface area (Å²) in [5.41, 5.74) is 2.17. The van der Waals surface area contributed by atoms with Crippen LogP contribution in [0.3, 0.4) is 0 Å². The number of hydrogen-bond donors (Lipinski definition) is 2. The Morgan fingerprint density at radius 2 is 1.48 bits per heavy atom. The Morgan fingerprint density at radius 3 is 2.17 bits per heavy atom. The number of fused-ring (bicyclic) bond motifs is 1. The molecule has 5 nitrogen and oxygen atoms in total. The summed E-state index contributed by atoms with van der Waals surface area (Å²) < 4.78 is 6.32. The number of nitrogens with one attached hydrogen (secondary N) is 2. The molecule has 0 aliphatic heterocycles. The van der Waals surface area contributed by atoms with Crippen LogP contribution in [0.15, 0.2) is 81.7 Å². The number of anilines is 2. The second-order valence-corrected chi connectivity index (χ2v) is 7.58. The number of carbonyl (C=O) groups is 2. The fraction of sp³-hybridized carbons (Fsp3) is 0. The Kier molecular flexibility index (Phi) is 5.38. The highest BCUT2D eigenvalue weighted by atomic mass is 79.9. The van der Waals surface area contributed by atoms with Crippen LogP contribution >= 0.6 is 27.5 Å². The number of benzene rings is 3. The van der Waals surface area contributed by atoms with Crippen LogP contribution in [0.25, 0.3) is 11.0 Å². The van der Waals surface area contributed by atoms with Gasteiger partial charge in [-0.3, -0.25) is 9.59 Å². The van der Waals surface area contributed by atoms with E-state index in [1.165, 1.54) is 0 Å². The van der Waals surface area contributed by atoms with Crippen molar-refractivity contribution in [3.8, 4) is 0 Å². The topological polar surface area (TPSA) is 71.3 Å². The summed E-state index contributed by atoms with van der Waals surface area (Å²) in [6.07, 6.45) is 0. The fourth-order valence-corrected chi connectivity index (χ4v) is 3.36. The van der Waals surface area contributed by atoms with E-state index in [4.69, 9.17) is 16.0 Å². The van der Waals surface area contributed by atoms with Crippen LogP contribution in [0.4, 0.5) is 11.4 Å². The third kappa shape index (κ3) is 4.34. The molecule has 0 saturated heterocycles. The van der Waals surface area contributed by atoms with E-state index in [9.17, 15) is 9.59 Å². The molecule has 0 bridgehead atoms. The maximum Gasteiger partial charge on any atom is 0.291 e. The Bertz CT molecular complexity index is 1190. The molecule has 0 atom stereocenters. The highest BCUT2D eigenvalue weighted by molar-refractivity contribution is 9.10. The molecule has 2 N–H and O–H groups in total. The highest BCUT2D eigenvalue weighted by Crippen LogP contribution is 2.23. The first-order chi connectivity index (χ1) is 14.0. The molecule has 0 spiro atoms. The molecule has 0 radical (unpaired) electrons. The van der Waals surface area contributed by atoms with Crippen molar-refractivity contribution in [3.63, 3.8) is 0 Å². The Hall–Kier alpha value is -3.09. The van der Waals surface area contributed by atoms with E-state index in [0.29, 0.717) is 27.5 Å². The van der Waals surface area contributed by atoms with Crippen LogP contribution in [0.2, 0.25) is 5.02 Å². The van der Waals surface area contributed by atoms with Crippen LogP contribution in [-0.4, -0.2) is 11.8 Å². The van der Waals surface area contributed by atoms with Gasteiger partial charge in [-0.1, -0.05) is 45.7 Å². The number of rotatable bonds is 4. The van der Waals surface area contributed by atoms with Crippen molar-refractivity contribution in [2.75, 3.05) is 10.6 Å². The Labute approximate surface area is 179 Å². The van der Waals surface area contributed by atoms with Crippen molar-refractivity contribution in [1.29, 1.82) is 0 Å². The van der Waals surface area contributed by atoms with Crippen molar-refractivity contribution < 1.29 is 14.0 Å². The van der Waals surface area contributed by atoms with E-state index in [0.717, 1.165) is 9.86 Å². The number of amides is 2. The van der Waals surface area contributed by atoms with E-state index in [2.05, 4.69) is 26.6 Å². The van der Waals surface area contributed by atoms with Gasteiger partial charge in [0.15, 0.2) is 5.76 Å². The molecule has 0 unspecified atom stereocenters. The summed E-state index contributed by atoms with van der Waals surface area (Å²) in [7, 11) is 0. The minimum Gasteiger partial charge on any atom is -0.451 e. The molecule has 2 amide bonds. The van der Waals surface area contributed by atoms with Crippen molar-refractivity contribution in [2.45, 2.75) is 0 Å². The lowest BCUT2D eigenvalue weighted by molar-refractivity contribution is 0.0996. The summed E-state index contributed by atoms with van der Waals surface area (Å²) in [6.45, 7) is 0. The van der Waals surface area contributed by atoms with E-state index in [1.807, 2.05) is 18.2 Å². The molecule has 1 aromatic heterocycles. The second kappa shape index (κ2) is 8.11. The molecule has 0 aliphatic carbocycles. The van der Waals surface area contributed by atoms with Crippen molar-refractivity contribution in [2.24, 2.45) is 0 Å². The van der Waals surface area contributed by atoms with Gasteiger partial charge in [-0.15, -0.1) is 0 Å². The van der Waals surface area contributed by atoms with E-state index in [1.54, 1.807) is 54.6 Å². The summed E-state index contributed by atoms with van der Waals surface area (Å²) in [5.74, 6) is -0.442. The van der Waals surface area contributed by atoms with Gasteiger partial charge in [0.2, 0.25) is 0 Å². The maximum absolute atomic E-state index is 12.4. The van der Waals surface area contributed by atoms with E-state index < -0.39 is 0 Å². The molecule has 0 aliphatic rings. The third-order valence-corrected chi connectivity index (χ3v) is 5.05. The second-order valence-electron chi connectivity index (χ2n) is 6.26. The predicted molar refractivity (Wildman–Crippen MR) is 118 cm³/mol. The molecule has 4 rings (SSSR count). The number of carbonyl (C=O) groups excluding carboxylic acids is 2. The summed E-state index contributed by atoms with van der Waals surface area (Å²) in [4.78, 5) is 24.8. The van der Waals surface area contributed by atoms with Crippen LogP contribution in [-0.2, 0) is 0 Å². The van der Waals surface area contributed by atoms with Gasteiger partial charge < -0.3 is 15.1 Å². The molecule has 1 heterocycles. The molecular weight excluding hydrogens is 456 g/mol. The van der Waals surface area contributed by atoms with Gasteiger partial charge >= 0.3 is 0 Å². The average Bonchev–Trinajstić information content (AvgIpc) is 3.16. The zero-order valence-corrected chi connectivity index (χ0v) is 17.3. The largest absolute Gasteiger partial charge is 0.451 e. The summed E-state index contributed by atoms with van der Waals surface area (Å²) in [6, 6.07) is 20.9. The maximum atomic E-state index is 12.4. The molecule has 29 heavy (non-hydrogen) atoms. The standard InChI is InChI=1S/C22H14BrClN2O3/c23-14-5-10-18(24)17(12-14)21(27)25-15-6-8-16(9-7-15)26-22(28)20-11-13-3-1-2-4-19(13)29-20/h1-12H,(H,25,27)(H,26,28). The molecule has 144 valence electrons. The lowest BCUT2D eigenvalue weighted by atomic mass is 10.2.